The highest BCUT2D eigenvalue weighted by Crippen LogP contribution is 2.43. The Morgan fingerprint density at radius 2 is 1.86 bits per heavy atom. The molecule has 1 aliphatic rings. The number of halogens is 3. The number of carboxylic acid groups (broad SMARTS) is 1. The molecular weight excluding hydrogens is 515 g/mol. The van der Waals surface area contributed by atoms with Gasteiger partial charge in [-0.2, -0.15) is 0 Å². The number of hydrogen-bond donors (Lipinski definition) is 1. The van der Waals surface area contributed by atoms with Gasteiger partial charge in [0, 0.05) is 28.2 Å². The largest absolute Gasteiger partial charge is 0.478 e. The standard InChI is InChI=1S/C25H17Cl3N2O5/c1-25(11-34-12-25)23-21(22(29-35-23)20-16(27)9-14(26)10-17(20)28)24(33)30-8-7-15-13(5-6-19(31)32)3-2-4-18(15)30/h2-10H,11-12H2,1H3,(H,31,32)/b6-5+. The molecule has 0 bridgehead atoms. The molecule has 4 aromatic rings. The maximum atomic E-state index is 14.0. The van der Waals surface area contributed by atoms with E-state index in [1.807, 2.05) is 6.92 Å². The van der Waals surface area contributed by atoms with Crippen molar-refractivity contribution >= 4 is 63.7 Å². The molecule has 178 valence electrons. The smallest absolute Gasteiger partial charge is 0.328 e. The van der Waals surface area contributed by atoms with E-state index in [2.05, 4.69) is 5.16 Å². The molecular formula is C25H17Cl3N2O5. The monoisotopic (exact) mass is 530 g/mol. The molecule has 0 atom stereocenters. The van der Waals surface area contributed by atoms with Crippen LogP contribution in [0.25, 0.3) is 28.2 Å². The van der Waals surface area contributed by atoms with Crippen molar-refractivity contribution in [2.24, 2.45) is 0 Å². The van der Waals surface area contributed by atoms with Gasteiger partial charge in [-0.25, -0.2) is 4.79 Å². The molecule has 35 heavy (non-hydrogen) atoms. The minimum atomic E-state index is -1.07. The number of carbonyl (C=O) groups excluding carboxylic acids is 1. The van der Waals surface area contributed by atoms with E-state index in [1.54, 1.807) is 30.5 Å². The lowest BCUT2D eigenvalue weighted by Crippen LogP contribution is -2.44. The van der Waals surface area contributed by atoms with Crippen LogP contribution in [0.4, 0.5) is 0 Å². The molecule has 1 N–H and O–H groups in total. The van der Waals surface area contributed by atoms with E-state index in [4.69, 9.17) is 49.2 Å². The summed E-state index contributed by atoms with van der Waals surface area (Å²) in [5.41, 5.74) is 1.44. The number of carboxylic acids is 1. The number of rotatable bonds is 5. The van der Waals surface area contributed by atoms with Gasteiger partial charge in [-0.1, -0.05) is 52.1 Å². The second-order valence-corrected chi connectivity index (χ2v) is 9.73. The summed E-state index contributed by atoms with van der Waals surface area (Å²) in [6.07, 6.45) is 4.15. The Morgan fingerprint density at radius 3 is 2.49 bits per heavy atom. The Labute approximate surface area is 214 Å². The molecule has 0 saturated carbocycles. The van der Waals surface area contributed by atoms with Gasteiger partial charge in [-0.15, -0.1) is 0 Å². The first-order chi connectivity index (χ1) is 16.7. The fraction of sp³-hybridized carbons (Fsp3) is 0.160. The van der Waals surface area contributed by atoms with Gasteiger partial charge in [-0.05, 0) is 42.8 Å². The number of aliphatic carboxylic acids is 1. The number of carbonyl (C=O) groups is 2. The predicted octanol–water partition coefficient (Wildman–Crippen LogP) is 6.33. The van der Waals surface area contributed by atoms with Gasteiger partial charge in [0.2, 0.25) is 0 Å². The van der Waals surface area contributed by atoms with Crippen LogP contribution in [0.3, 0.4) is 0 Å². The fourth-order valence-corrected chi connectivity index (χ4v) is 5.17. The minimum absolute atomic E-state index is 0.202. The van der Waals surface area contributed by atoms with E-state index in [0.717, 1.165) is 6.08 Å². The molecule has 0 radical (unpaired) electrons. The summed E-state index contributed by atoms with van der Waals surface area (Å²) in [6.45, 7) is 2.65. The second kappa shape index (κ2) is 8.84. The normalized spacial score (nSPS) is 15.0. The van der Waals surface area contributed by atoms with Crippen LogP contribution >= 0.6 is 34.8 Å². The molecule has 7 nitrogen and oxygen atoms in total. The third kappa shape index (κ3) is 4.04. The topological polar surface area (TPSA) is 94.6 Å². The van der Waals surface area contributed by atoms with Gasteiger partial charge < -0.3 is 14.4 Å². The van der Waals surface area contributed by atoms with Crippen molar-refractivity contribution in [1.29, 1.82) is 0 Å². The lowest BCUT2D eigenvalue weighted by Gasteiger charge is -2.36. The van der Waals surface area contributed by atoms with Crippen molar-refractivity contribution in [2.45, 2.75) is 12.3 Å². The van der Waals surface area contributed by atoms with Crippen molar-refractivity contribution in [2.75, 3.05) is 13.2 Å². The molecule has 1 fully saturated rings. The number of nitrogens with zero attached hydrogens (tertiary/aromatic N) is 2. The van der Waals surface area contributed by atoms with Crippen LogP contribution in [0.2, 0.25) is 15.1 Å². The van der Waals surface area contributed by atoms with Gasteiger partial charge >= 0.3 is 5.97 Å². The fourth-order valence-electron chi connectivity index (χ4n) is 4.17. The van der Waals surface area contributed by atoms with Gasteiger partial charge in [0.25, 0.3) is 5.91 Å². The quantitative estimate of drug-likeness (QED) is 0.302. The molecule has 5 rings (SSSR count). The Kier molecular flexibility index (Phi) is 5.97. The first-order valence-electron chi connectivity index (χ1n) is 10.5. The maximum Gasteiger partial charge on any atom is 0.328 e. The average molecular weight is 532 g/mol. The van der Waals surface area contributed by atoms with E-state index in [-0.39, 0.29) is 21.3 Å². The van der Waals surface area contributed by atoms with E-state index in [0.29, 0.717) is 46.0 Å². The highest BCUT2D eigenvalue weighted by Gasteiger charge is 2.44. The van der Waals surface area contributed by atoms with Crippen molar-refractivity contribution in [3.63, 3.8) is 0 Å². The third-order valence-corrected chi connectivity index (χ3v) is 6.74. The van der Waals surface area contributed by atoms with Gasteiger partial charge in [0.1, 0.15) is 11.3 Å². The first-order valence-corrected chi connectivity index (χ1v) is 11.6. The summed E-state index contributed by atoms with van der Waals surface area (Å²) < 4.78 is 12.6. The molecule has 2 aromatic carbocycles. The van der Waals surface area contributed by atoms with E-state index in [9.17, 15) is 9.59 Å². The van der Waals surface area contributed by atoms with Crippen LogP contribution in [0, 0.1) is 0 Å². The molecule has 1 saturated heterocycles. The van der Waals surface area contributed by atoms with Crippen LogP contribution in [-0.2, 0) is 14.9 Å². The van der Waals surface area contributed by atoms with Crippen LogP contribution in [0.1, 0.15) is 28.6 Å². The number of hydrogen-bond acceptors (Lipinski definition) is 5. The van der Waals surface area contributed by atoms with Crippen molar-refractivity contribution < 1.29 is 24.0 Å². The Hall–Kier alpha value is -3.10. The van der Waals surface area contributed by atoms with Gasteiger partial charge in [0.15, 0.2) is 5.76 Å². The Bertz CT molecular complexity index is 1510. The number of aromatic nitrogens is 2. The summed E-state index contributed by atoms with van der Waals surface area (Å²) in [4.78, 5) is 25.0. The van der Waals surface area contributed by atoms with Gasteiger partial charge in [-0.3, -0.25) is 9.36 Å². The second-order valence-electron chi connectivity index (χ2n) is 8.48. The number of benzene rings is 2. The zero-order chi connectivity index (χ0) is 24.9. The summed E-state index contributed by atoms with van der Waals surface area (Å²) >= 11 is 19.0. The number of ether oxygens (including phenoxy) is 1. The predicted molar refractivity (Wildman–Crippen MR) is 133 cm³/mol. The molecule has 0 amide bonds. The Morgan fingerprint density at radius 1 is 1.14 bits per heavy atom. The zero-order valence-electron chi connectivity index (χ0n) is 18.2. The summed E-state index contributed by atoms with van der Waals surface area (Å²) in [5.74, 6) is -1.10. The first kappa shape index (κ1) is 23.6. The SMILES string of the molecule is CC1(c2onc(-c3c(Cl)cc(Cl)cc3Cl)c2C(=O)n2ccc3c(/C=C/C(=O)O)cccc32)COC1. The Balaban J connectivity index is 1.71. The van der Waals surface area contributed by atoms with Crippen molar-refractivity contribution in [3.05, 3.63) is 80.6 Å². The lowest BCUT2D eigenvalue weighted by molar-refractivity contribution is -0.131. The van der Waals surface area contributed by atoms with Gasteiger partial charge in [0.05, 0.1) is 34.2 Å². The molecule has 10 heteroatoms. The van der Waals surface area contributed by atoms with E-state index >= 15 is 0 Å². The molecule has 0 unspecified atom stereocenters. The lowest BCUT2D eigenvalue weighted by atomic mass is 9.82. The average Bonchev–Trinajstić information content (AvgIpc) is 3.40. The zero-order valence-corrected chi connectivity index (χ0v) is 20.5. The minimum Gasteiger partial charge on any atom is -0.478 e. The van der Waals surface area contributed by atoms with Crippen LogP contribution in [-0.4, -0.2) is 39.9 Å². The summed E-state index contributed by atoms with van der Waals surface area (Å²) in [7, 11) is 0. The van der Waals surface area contributed by atoms with E-state index < -0.39 is 17.3 Å². The molecule has 3 heterocycles. The molecule has 0 aliphatic carbocycles. The molecule has 0 spiro atoms. The highest BCUT2D eigenvalue weighted by atomic mass is 35.5. The van der Waals surface area contributed by atoms with Crippen molar-refractivity contribution in [1.82, 2.24) is 9.72 Å². The summed E-state index contributed by atoms with van der Waals surface area (Å²) in [5, 5.41) is 14.7. The maximum absolute atomic E-state index is 14.0. The third-order valence-electron chi connectivity index (χ3n) is 5.93. The van der Waals surface area contributed by atoms with Crippen LogP contribution in [0.5, 0.6) is 0 Å². The highest BCUT2D eigenvalue weighted by molar-refractivity contribution is 6.42. The summed E-state index contributed by atoms with van der Waals surface area (Å²) in [6, 6.07) is 10.1. The molecule has 1 aliphatic heterocycles. The van der Waals surface area contributed by atoms with E-state index in [1.165, 1.54) is 22.8 Å². The molecule has 2 aromatic heterocycles. The number of fused-ring (bicyclic) bond motifs is 1. The van der Waals surface area contributed by atoms with Crippen molar-refractivity contribution in [3.8, 4) is 11.3 Å². The van der Waals surface area contributed by atoms with Crippen LogP contribution < -0.4 is 0 Å². The van der Waals surface area contributed by atoms with Crippen LogP contribution in [0.15, 0.2) is 53.2 Å².